The van der Waals surface area contributed by atoms with E-state index in [1.165, 1.54) is 0 Å². The minimum atomic E-state index is 0.759. The Kier molecular flexibility index (Phi) is 3.06. The summed E-state index contributed by atoms with van der Waals surface area (Å²) in [7, 11) is 6.00. The zero-order chi connectivity index (χ0) is 14.3. The molecule has 0 saturated heterocycles. The molecule has 2 aromatic heterocycles. The van der Waals surface area contributed by atoms with Crippen molar-refractivity contribution in [3.8, 4) is 11.3 Å². The predicted octanol–water partition coefficient (Wildman–Crippen LogP) is 2.00. The SMILES string of the molecule is CNCc1ncn(C)c1-c1ccc2c(c1)nc(C)n2C. The first-order chi connectivity index (χ1) is 9.61. The molecule has 0 aliphatic carbocycles. The van der Waals surface area contributed by atoms with E-state index in [4.69, 9.17) is 0 Å². The molecule has 0 saturated carbocycles. The van der Waals surface area contributed by atoms with Crippen molar-refractivity contribution in [3.05, 3.63) is 36.0 Å². The Balaban J connectivity index is 2.17. The van der Waals surface area contributed by atoms with Gasteiger partial charge in [-0.15, -0.1) is 0 Å². The van der Waals surface area contributed by atoms with Crippen molar-refractivity contribution in [3.63, 3.8) is 0 Å². The molecular weight excluding hydrogens is 250 g/mol. The lowest BCUT2D eigenvalue weighted by Gasteiger charge is -2.06. The average molecular weight is 269 g/mol. The van der Waals surface area contributed by atoms with Gasteiger partial charge in [0.05, 0.1) is 28.7 Å². The van der Waals surface area contributed by atoms with Crippen molar-refractivity contribution in [1.82, 2.24) is 24.4 Å². The van der Waals surface area contributed by atoms with Gasteiger partial charge in [-0.3, -0.25) is 0 Å². The molecule has 5 nitrogen and oxygen atoms in total. The van der Waals surface area contributed by atoms with E-state index in [0.29, 0.717) is 0 Å². The third kappa shape index (κ3) is 1.91. The molecule has 2 heterocycles. The fourth-order valence-corrected chi connectivity index (χ4v) is 2.61. The minimum absolute atomic E-state index is 0.759. The molecule has 5 heteroatoms. The first kappa shape index (κ1) is 12.9. The lowest BCUT2D eigenvalue weighted by Crippen LogP contribution is -2.07. The van der Waals surface area contributed by atoms with Gasteiger partial charge in [-0.05, 0) is 26.1 Å². The van der Waals surface area contributed by atoms with Gasteiger partial charge in [0.25, 0.3) is 0 Å². The van der Waals surface area contributed by atoms with Crippen molar-refractivity contribution in [2.45, 2.75) is 13.5 Å². The van der Waals surface area contributed by atoms with Crippen LogP contribution in [0.3, 0.4) is 0 Å². The average Bonchev–Trinajstić information content (AvgIpc) is 2.92. The summed E-state index contributed by atoms with van der Waals surface area (Å²) < 4.78 is 4.17. The van der Waals surface area contributed by atoms with Gasteiger partial charge in [-0.2, -0.15) is 0 Å². The van der Waals surface area contributed by atoms with Gasteiger partial charge in [-0.1, -0.05) is 6.07 Å². The van der Waals surface area contributed by atoms with Crippen LogP contribution in [0.2, 0.25) is 0 Å². The zero-order valence-corrected chi connectivity index (χ0v) is 12.3. The van der Waals surface area contributed by atoms with Gasteiger partial charge in [-0.25, -0.2) is 9.97 Å². The Labute approximate surface area is 118 Å². The smallest absolute Gasteiger partial charge is 0.106 e. The van der Waals surface area contributed by atoms with Crippen LogP contribution in [-0.2, 0) is 20.6 Å². The van der Waals surface area contributed by atoms with E-state index < -0.39 is 0 Å². The summed E-state index contributed by atoms with van der Waals surface area (Å²) in [5, 5.41) is 3.16. The standard InChI is InChI=1S/C15H19N5/c1-10-18-12-7-11(5-6-14(12)20(10)4)15-13(8-16-2)17-9-19(15)3/h5-7,9,16H,8H2,1-4H3. The Morgan fingerprint density at radius 1 is 1.25 bits per heavy atom. The Morgan fingerprint density at radius 2 is 2.05 bits per heavy atom. The van der Waals surface area contributed by atoms with Crippen molar-refractivity contribution in [2.75, 3.05) is 7.05 Å². The first-order valence-electron chi connectivity index (χ1n) is 6.70. The lowest BCUT2D eigenvalue weighted by atomic mass is 10.1. The number of rotatable bonds is 3. The number of nitrogens with one attached hydrogen (secondary N) is 1. The van der Waals surface area contributed by atoms with Gasteiger partial charge in [0.2, 0.25) is 0 Å². The van der Waals surface area contributed by atoms with Crippen LogP contribution in [0.15, 0.2) is 24.5 Å². The minimum Gasteiger partial charge on any atom is -0.333 e. The molecule has 104 valence electrons. The van der Waals surface area contributed by atoms with E-state index >= 15 is 0 Å². The number of nitrogens with zero attached hydrogens (tertiary/aromatic N) is 4. The van der Waals surface area contributed by atoms with Crippen LogP contribution in [0.4, 0.5) is 0 Å². The van der Waals surface area contributed by atoms with Crippen LogP contribution >= 0.6 is 0 Å². The van der Waals surface area contributed by atoms with E-state index in [2.05, 4.69) is 42.6 Å². The fraction of sp³-hybridized carbons (Fsp3) is 0.333. The van der Waals surface area contributed by atoms with Crippen LogP contribution < -0.4 is 5.32 Å². The number of benzene rings is 1. The van der Waals surface area contributed by atoms with E-state index in [9.17, 15) is 0 Å². The predicted molar refractivity (Wildman–Crippen MR) is 80.4 cm³/mol. The number of imidazole rings is 2. The second kappa shape index (κ2) is 4.76. The quantitative estimate of drug-likeness (QED) is 0.791. The number of hydrogen-bond acceptors (Lipinski definition) is 3. The molecule has 0 atom stereocenters. The molecule has 0 fully saturated rings. The summed E-state index contributed by atoms with van der Waals surface area (Å²) in [4.78, 5) is 9.07. The largest absolute Gasteiger partial charge is 0.333 e. The topological polar surface area (TPSA) is 47.7 Å². The summed E-state index contributed by atoms with van der Waals surface area (Å²) in [5.41, 5.74) is 5.54. The van der Waals surface area contributed by atoms with E-state index in [0.717, 1.165) is 40.4 Å². The number of aryl methyl sites for hydroxylation is 3. The molecule has 1 aromatic carbocycles. The molecule has 3 rings (SSSR count). The van der Waals surface area contributed by atoms with E-state index in [1.807, 2.05) is 34.4 Å². The molecule has 0 aliphatic heterocycles. The Hall–Kier alpha value is -2.14. The molecule has 0 bridgehead atoms. The summed E-state index contributed by atoms with van der Waals surface area (Å²) in [6.45, 7) is 2.78. The summed E-state index contributed by atoms with van der Waals surface area (Å²) >= 11 is 0. The first-order valence-corrected chi connectivity index (χ1v) is 6.70. The molecule has 20 heavy (non-hydrogen) atoms. The Bertz CT molecular complexity index is 766. The normalized spacial score (nSPS) is 11.4. The van der Waals surface area contributed by atoms with Crippen molar-refractivity contribution in [1.29, 1.82) is 0 Å². The highest BCUT2D eigenvalue weighted by molar-refractivity contribution is 5.82. The molecule has 1 N–H and O–H groups in total. The van der Waals surface area contributed by atoms with Gasteiger partial charge < -0.3 is 14.5 Å². The van der Waals surface area contributed by atoms with Crippen molar-refractivity contribution < 1.29 is 0 Å². The van der Waals surface area contributed by atoms with Crippen LogP contribution in [0.5, 0.6) is 0 Å². The summed E-state index contributed by atoms with van der Waals surface area (Å²) in [5.74, 6) is 1.03. The molecule has 0 amide bonds. The molecule has 0 spiro atoms. The van der Waals surface area contributed by atoms with Crippen LogP contribution in [-0.4, -0.2) is 26.1 Å². The summed E-state index contributed by atoms with van der Waals surface area (Å²) in [6.07, 6.45) is 1.86. The van der Waals surface area contributed by atoms with Crippen LogP contribution in [0.25, 0.3) is 22.3 Å². The van der Waals surface area contributed by atoms with E-state index in [-0.39, 0.29) is 0 Å². The highest BCUT2D eigenvalue weighted by Gasteiger charge is 2.12. The zero-order valence-electron chi connectivity index (χ0n) is 12.3. The van der Waals surface area contributed by atoms with Gasteiger partial charge in [0.1, 0.15) is 5.82 Å². The highest BCUT2D eigenvalue weighted by Crippen LogP contribution is 2.26. The number of hydrogen-bond donors (Lipinski definition) is 1. The fourth-order valence-electron chi connectivity index (χ4n) is 2.61. The molecule has 0 aliphatic rings. The monoisotopic (exact) mass is 269 g/mol. The van der Waals surface area contributed by atoms with Crippen molar-refractivity contribution in [2.24, 2.45) is 14.1 Å². The maximum Gasteiger partial charge on any atom is 0.106 e. The molecular formula is C15H19N5. The number of fused-ring (bicyclic) bond motifs is 1. The van der Waals surface area contributed by atoms with Crippen LogP contribution in [0, 0.1) is 6.92 Å². The maximum absolute atomic E-state index is 4.61. The Morgan fingerprint density at radius 3 is 2.80 bits per heavy atom. The molecule has 0 unspecified atom stereocenters. The van der Waals surface area contributed by atoms with Gasteiger partial charge in [0, 0.05) is 26.2 Å². The second-order valence-electron chi connectivity index (χ2n) is 5.10. The molecule has 0 radical (unpaired) electrons. The third-order valence-corrected chi connectivity index (χ3v) is 3.73. The summed E-state index contributed by atoms with van der Waals surface area (Å²) in [6, 6.07) is 6.40. The van der Waals surface area contributed by atoms with Crippen LogP contribution in [0.1, 0.15) is 11.5 Å². The van der Waals surface area contributed by atoms with Crippen molar-refractivity contribution >= 4 is 11.0 Å². The van der Waals surface area contributed by atoms with Gasteiger partial charge >= 0.3 is 0 Å². The third-order valence-electron chi connectivity index (χ3n) is 3.73. The molecule has 3 aromatic rings. The number of aromatic nitrogens is 4. The van der Waals surface area contributed by atoms with E-state index in [1.54, 1.807) is 0 Å². The lowest BCUT2D eigenvalue weighted by molar-refractivity contribution is 0.797. The maximum atomic E-state index is 4.61. The van der Waals surface area contributed by atoms with Gasteiger partial charge in [0.15, 0.2) is 0 Å². The second-order valence-corrected chi connectivity index (χ2v) is 5.10. The highest BCUT2D eigenvalue weighted by atomic mass is 15.1.